The maximum absolute atomic E-state index is 11.3. The van der Waals surface area contributed by atoms with E-state index in [2.05, 4.69) is 20.0 Å². The van der Waals surface area contributed by atoms with Crippen LogP contribution in [0.5, 0.6) is 0 Å². The van der Waals surface area contributed by atoms with Crippen molar-refractivity contribution in [1.82, 2.24) is 19.1 Å². The molecule has 2 N–H and O–H groups in total. The molecule has 1 aliphatic heterocycles. The summed E-state index contributed by atoms with van der Waals surface area (Å²) < 4.78 is 27.0. The molecule has 3 heterocycles. The molecule has 96 valence electrons. The Kier molecular flexibility index (Phi) is 2.67. The minimum atomic E-state index is -3.06. The SMILES string of the molecule is O=S1(=O)CCC(CNc2nccn3ccnc23)N1. The lowest BCUT2D eigenvalue weighted by Gasteiger charge is -2.11. The molecule has 18 heavy (non-hydrogen) atoms. The first-order valence-electron chi connectivity index (χ1n) is 5.66. The Morgan fingerprint density at radius 2 is 2.17 bits per heavy atom. The van der Waals surface area contributed by atoms with Crippen LogP contribution in [-0.2, 0) is 10.0 Å². The number of anilines is 1. The van der Waals surface area contributed by atoms with Gasteiger partial charge in [-0.3, -0.25) is 0 Å². The highest BCUT2D eigenvalue weighted by Gasteiger charge is 2.26. The summed E-state index contributed by atoms with van der Waals surface area (Å²) >= 11 is 0. The summed E-state index contributed by atoms with van der Waals surface area (Å²) in [7, 11) is -3.06. The van der Waals surface area contributed by atoms with E-state index in [1.54, 1.807) is 12.4 Å². The predicted octanol–water partition coefficient (Wildman–Crippen LogP) is -0.167. The minimum absolute atomic E-state index is 0.0768. The molecular weight excluding hydrogens is 254 g/mol. The molecule has 2 aromatic rings. The van der Waals surface area contributed by atoms with E-state index in [1.807, 2.05) is 16.8 Å². The summed E-state index contributed by atoms with van der Waals surface area (Å²) in [6, 6.07) is -0.0768. The van der Waals surface area contributed by atoms with Crippen LogP contribution in [0, 0.1) is 0 Å². The van der Waals surface area contributed by atoms with E-state index in [-0.39, 0.29) is 11.8 Å². The third-order valence-electron chi connectivity index (χ3n) is 2.91. The van der Waals surface area contributed by atoms with E-state index >= 15 is 0 Å². The molecule has 0 saturated carbocycles. The van der Waals surface area contributed by atoms with Gasteiger partial charge in [-0.2, -0.15) is 0 Å². The number of nitrogens with zero attached hydrogens (tertiary/aromatic N) is 3. The van der Waals surface area contributed by atoms with Gasteiger partial charge in [0.1, 0.15) is 0 Å². The van der Waals surface area contributed by atoms with Crippen LogP contribution in [0.25, 0.3) is 5.65 Å². The van der Waals surface area contributed by atoms with Gasteiger partial charge in [-0.15, -0.1) is 0 Å². The van der Waals surface area contributed by atoms with Gasteiger partial charge in [-0.05, 0) is 6.42 Å². The Morgan fingerprint density at radius 3 is 2.89 bits per heavy atom. The van der Waals surface area contributed by atoms with Gasteiger partial charge in [0, 0.05) is 37.4 Å². The van der Waals surface area contributed by atoms with Crippen LogP contribution in [0.15, 0.2) is 24.8 Å². The van der Waals surface area contributed by atoms with Crippen LogP contribution < -0.4 is 10.0 Å². The second kappa shape index (κ2) is 4.21. The Labute approximate surface area is 104 Å². The molecule has 3 rings (SSSR count). The van der Waals surface area contributed by atoms with Crippen molar-refractivity contribution in [2.24, 2.45) is 0 Å². The highest BCUT2D eigenvalue weighted by molar-refractivity contribution is 7.89. The Hall–Kier alpha value is -1.67. The number of imidazole rings is 1. The Balaban J connectivity index is 1.72. The lowest BCUT2D eigenvalue weighted by atomic mass is 10.2. The van der Waals surface area contributed by atoms with Gasteiger partial charge in [0.2, 0.25) is 10.0 Å². The molecule has 0 amide bonds. The van der Waals surface area contributed by atoms with E-state index in [4.69, 9.17) is 0 Å². The summed E-state index contributed by atoms with van der Waals surface area (Å²) in [5.41, 5.74) is 0.735. The van der Waals surface area contributed by atoms with Crippen LogP contribution >= 0.6 is 0 Å². The first-order chi connectivity index (χ1) is 8.64. The summed E-state index contributed by atoms with van der Waals surface area (Å²) in [5.74, 6) is 0.856. The Bertz CT molecular complexity index is 666. The number of sulfonamides is 1. The summed E-state index contributed by atoms with van der Waals surface area (Å²) in [6.45, 7) is 0.513. The van der Waals surface area contributed by atoms with Crippen molar-refractivity contribution in [2.75, 3.05) is 17.6 Å². The van der Waals surface area contributed by atoms with Crippen LogP contribution in [0.3, 0.4) is 0 Å². The maximum Gasteiger partial charge on any atom is 0.211 e. The molecule has 8 heteroatoms. The van der Waals surface area contributed by atoms with Gasteiger partial charge in [0.25, 0.3) is 0 Å². The number of aromatic nitrogens is 3. The van der Waals surface area contributed by atoms with E-state index in [0.29, 0.717) is 18.8 Å². The third kappa shape index (κ3) is 2.16. The normalized spacial score (nSPS) is 22.3. The molecule has 0 bridgehead atoms. The largest absolute Gasteiger partial charge is 0.365 e. The van der Waals surface area contributed by atoms with Gasteiger partial charge in [0.05, 0.1) is 5.75 Å². The van der Waals surface area contributed by atoms with Crippen LogP contribution in [0.2, 0.25) is 0 Å². The van der Waals surface area contributed by atoms with Gasteiger partial charge in [-0.1, -0.05) is 0 Å². The fraction of sp³-hybridized carbons (Fsp3) is 0.400. The highest BCUT2D eigenvalue weighted by atomic mass is 32.2. The highest BCUT2D eigenvalue weighted by Crippen LogP contribution is 2.13. The van der Waals surface area contributed by atoms with Gasteiger partial charge >= 0.3 is 0 Å². The molecule has 1 unspecified atom stereocenters. The number of fused-ring (bicyclic) bond motifs is 1. The monoisotopic (exact) mass is 267 g/mol. The fourth-order valence-corrected chi connectivity index (χ4v) is 3.43. The first kappa shape index (κ1) is 11.4. The zero-order valence-electron chi connectivity index (χ0n) is 9.57. The molecule has 7 nitrogen and oxygen atoms in total. The number of nitrogens with one attached hydrogen (secondary N) is 2. The Morgan fingerprint density at radius 1 is 1.39 bits per heavy atom. The smallest absolute Gasteiger partial charge is 0.211 e. The maximum atomic E-state index is 11.3. The van der Waals surface area contributed by atoms with Crippen LogP contribution in [0.4, 0.5) is 5.82 Å². The fourth-order valence-electron chi connectivity index (χ4n) is 2.01. The minimum Gasteiger partial charge on any atom is -0.365 e. The second-order valence-corrected chi connectivity index (χ2v) is 6.11. The zero-order chi connectivity index (χ0) is 12.6. The van der Waals surface area contributed by atoms with Gasteiger partial charge < -0.3 is 9.72 Å². The van der Waals surface area contributed by atoms with Crippen molar-refractivity contribution in [3.05, 3.63) is 24.8 Å². The zero-order valence-corrected chi connectivity index (χ0v) is 10.4. The molecule has 1 atom stereocenters. The van der Waals surface area contributed by atoms with Crippen molar-refractivity contribution in [1.29, 1.82) is 0 Å². The van der Waals surface area contributed by atoms with Crippen molar-refractivity contribution in [2.45, 2.75) is 12.5 Å². The summed E-state index contributed by atoms with van der Waals surface area (Å²) in [5, 5.41) is 3.13. The predicted molar refractivity (Wildman–Crippen MR) is 66.8 cm³/mol. The second-order valence-electron chi connectivity index (χ2n) is 4.24. The van der Waals surface area contributed by atoms with Crippen molar-refractivity contribution >= 4 is 21.5 Å². The molecule has 0 radical (unpaired) electrons. The molecule has 2 aromatic heterocycles. The quantitative estimate of drug-likeness (QED) is 0.806. The number of hydrogen-bond donors (Lipinski definition) is 2. The lowest BCUT2D eigenvalue weighted by Crippen LogP contribution is -2.32. The molecule has 1 aliphatic rings. The van der Waals surface area contributed by atoms with E-state index < -0.39 is 10.0 Å². The van der Waals surface area contributed by atoms with Crippen LogP contribution in [-0.4, -0.2) is 41.1 Å². The topological polar surface area (TPSA) is 88.4 Å². The first-order valence-corrected chi connectivity index (χ1v) is 7.31. The molecule has 1 fully saturated rings. The summed E-state index contributed by atoms with van der Waals surface area (Å²) in [6.07, 6.45) is 7.63. The average Bonchev–Trinajstić information content (AvgIpc) is 2.92. The molecule has 0 aliphatic carbocycles. The van der Waals surface area contributed by atoms with Crippen LogP contribution in [0.1, 0.15) is 6.42 Å². The average molecular weight is 267 g/mol. The molecular formula is C10H13N5O2S. The molecule has 1 saturated heterocycles. The third-order valence-corrected chi connectivity index (χ3v) is 4.37. The van der Waals surface area contributed by atoms with E-state index in [1.165, 1.54) is 0 Å². The number of hydrogen-bond acceptors (Lipinski definition) is 5. The number of rotatable bonds is 3. The van der Waals surface area contributed by atoms with Crippen molar-refractivity contribution < 1.29 is 8.42 Å². The standard InChI is InChI=1S/C10H13N5O2S/c16-18(17)6-1-8(14-18)7-13-9-10-12-3-5-15(10)4-2-11-9/h2-5,8,14H,1,6-7H2,(H,11,13). The molecule has 0 spiro atoms. The van der Waals surface area contributed by atoms with Crippen molar-refractivity contribution in [3.8, 4) is 0 Å². The van der Waals surface area contributed by atoms with E-state index in [0.717, 1.165) is 5.65 Å². The van der Waals surface area contributed by atoms with Gasteiger partial charge in [0.15, 0.2) is 11.5 Å². The van der Waals surface area contributed by atoms with Gasteiger partial charge in [-0.25, -0.2) is 23.1 Å². The summed E-state index contributed by atoms with van der Waals surface area (Å²) in [4.78, 5) is 8.40. The lowest BCUT2D eigenvalue weighted by molar-refractivity contribution is 0.584. The van der Waals surface area contributed by atoms with Crippen molar-refractivity contribution in [3.63, 3.8) is 0 Å². The van der Waals surface area contributed by atoms with E-state index in [9.17, 15) is 8.42 Å². The molecule has 0 aromatic carbocycles.